The van der Waals surface area contributed by atoms with Crippen molar-refractivity contribution in [2.75, 3.05) is 6.79 Å². The predicted molar refractivity (Wildman–Crippen MR) is 97.6 cm³/mol. The molecule has 1 saturated heterocycles. The zero-order chi connectivity index (χ0) is 19.7. The van der Waals surface area contributed by atoms with E-state index in [1.54, 1.807) is 18.2 Å². The van der Waals surface area contributed by atoms with Crippen LogP contribution in [0.15, 0.2) is 47.5 Å². The number of ether oxygens (including phenoxy) is 2. The zero-order valence-corrected chi connectivity index (χ0v) is 15.3. The van der Waals surface area contributed by atoms with Gasteiger partial charge in [0, 0.05) is 6.42 Å². The van der Waals surface area contributed by atoms with Gasteiger partial charge in [0.2, 0.25) is 12.7 Å². The maximum absolute atomic E-state index is 13.1. The molecule has 7 nitrogen and oxygen atoms in total. The molecule has 2 aromatic carbocycles. The van der Waals surface area contributed by atoms with Crippen LogP contribution in [0.3, 0.4) is 0 Å². The lowest BCUT2D eigenvalue weighted by molar-refractivity contribution is -0.304. The molecule has 4 rings (SSSR count). The van der Waals surface area contributed by atoms with Gasteiger partial charge in [0.1, 0.15) is 5.82 Å². The Balaban J connectivity index is 1.64. The molecule has 0 aliphatic carbocycles. The third-order valence-electron chi connectivity index (χ3n) is 4.23. The van der Waals surface area contributed by atoms with Crippen LogP contribution < -0.4 is 14.6 Å². The highest BCUT2D eigenvalue weighted by Gasteiger charge is 2.33. The van der Waals surface area contributed by atoms with Gasteiger partial charge < -0.3 is 19.4 Å². The number of hydrogen-bond donors (Lipinski definition) is 0. The van der Waals surface area contributed by atoms with Crippen molar-refractivity contribution in [3.05, 3.63) is 53.8 Å². The summed E-state index contributed by atoms with van der Waals surface area (Å²) in [5.74, 6) is -0.917. The summed E-state index contributed by atoms with van der Waals surface area (Å²) >= 11 is 0.939. The number of hydrogen-bond acceptors (Lipinski definition) is 7. The Kier molecular flexibility index (Phi) is 4.91. The smallest absolute Gasteiger partial charge is 0.231 e. The van der Waals surface area contributed by atoms with Gasteiger partial charge in [-0.05, 0) is 42.0 Å². The van der Waals surface area contributed by atoms with Gasteiger partial charge in [-0.25, -0.2) is 9.38 Å². The molecule has 1 fully saturated rings. The average molecular weight is 401 g/mol. The van der Waals surface area contributed by atoms with Gasteiger partial charge in [-0.3, -0.25) is 9.69 Å². The van der Waals surface area contributed by atoms with Crippen LogP contribution in [-0.2, 0) is 16.1 Å². The molecular weight excluding hydrogens is 387 g/mol. The Morgan fingerprint density at radius 2 is 1.96 bits per heavy atom. The van der Waals surface area contributed by atoms with Crippen LogP contribution >= 0.6 is 11.8 Å². The van der Waals surface area contributed by atoms with E-state index in [9.17, 15) is 19.1 Å². The summed E-state index contributed by atoms with van der Waals surface area (Å²) < 4.78 is 23.8. The van der Waals surface area contributed by atoms with Crippen LogP contribution in [0.4, 0.5) is 10.1 Å². The fraction of sp³-hybridized carbons (Fsp3) is 0.211. The van der Waals surface area contributed by atoms with E-state index in [1.807, 2.05) is 0 Å². The highest BCUT2D eigenvalue weighted by atomic mass is 32.2. The van der Waals surface area contributed by atoms with Gasteiger partial charge in [0.25, 0.3) is 0 Å². The molecule has 2 heterocycles. The third kappa shape index (κ3) is 3.79. The molecule has 2 aromatic rings. The maximum Gasteiger partial charge on any atom is 0.231 e. The van der Waals surface area contributed by atoms with E-state index in [2.05, 4.69) is 4.99 Å². The van der Waals surface area contributed by atoms with Gasteiger partial charge in [-0.1, -0.05) is 17.8 Å². The Labute approximate surface area is 163 Å². The lowest BCUT2D eigenvalue weighted by Crippen LogP contribution is -2.47. The van der Waals surface area contributed by atoms with Crippen molar-refractivity contribution in [3.63, 3.8) is 0 Å². The van der Waals surface area contributed by atoms with E-state index >= 15 is 0 Å². The Morgan fingerprint density at radius 3 is 2.71 bits per heavy atom. The summed E-state index contributed by atoms with van der Waals surface area (Å²) in [5.41, 5.74) is 1.18. The molecular formula is C19H14FN2O5S-. The Hall–Kier alpha value is -3.07. The SMILES string of the molecule is O=C([O-])[C@@H]1CC(=O)N(Cc2ccc3c(c2)OCO3)C(=Nc2ccc(F)cc2)S1. The number of aliphatic imine (C=N–C) groups is 1. The minimum Gasteiger partial charge on any atom is -0.549 e. The maximum atomic E-state index is 13.1. The molecule has 9 heteroatoms. The van der Waals surface area contributed by atoms with E-state index in [1.165, 1.54) is 29.2 Å². The quantitative estimate of drug-likeness (QED) is 0.776. The van der Waals surface area contributed by atoms with Gasteiger partial charge >= 0.3 is 0 Å². The van der Waals surface area contributed by atoms with Crippen molar-refractivity contribution in [3.8, 4) is 11.5 Å². The number of benzene rings is 2. The number of halogens is 1. The Bertz CT molecular complexity index is 963. The van der Waals surface area contributed by atoms with Crippen LogP contribution in [-0.4, -0.2) is 34.0 Å². The first-order valence-corrected chi connectivity index (χ1v) is 9.28. The molecule has 0 unspecified atom stereocenters. The highest BCUT2D eigenvalue weighted by Crippen LogP contribution is 2.34. The lowest BCUT2D eigenvalue weighted by atomic mass is 10.1. The number of carbonyl (C=O) groups excluding carboxylic acids is 2. The van der Waals surface area contributed by atoms with Crippen molar-refractivity contribution in [2.24, 2.45) is 4.99 Å². The molecule has 2 aliphatic rings. The van der Waals surface area contributed by atoms with Crippen LogP contribution in [0.2, 0.25) is 0 Å². The minimum absolute atomic E-state index is 0.141. The number of amides is 1. The first kappa shape index (κ1) is 18.3. The predicted octanol–water partition coefficient (Wildman–Crippen LogP) is 1.83. The topological polar surface area (TPSA) is 91.3 Å². The molecule has 0 aromatic heterocycles. The zero-order valence-electron chi connectivity index (χ0n) is 14.5. The number of carbonyl (C=O) groups is 2. The molecule has 0 radical (unpaired) electrons. The molecule has 0 spiro atoms. The standard InChI is InChI=1S/C19H15FN2O5S/c20-12-2-4-13(5-3-12)21-19-22(17(23)8-16(28-19)18(24)25)9-11-1-6-14-15(7-11)27-10-26-14/h1-7,16H,8-10H2,(H,24,25)/p-1/t16-/m0/s1. The van der Waals surface area contributed by atoms with E-state index in [4.69, 9.17) is 9.47 Å². The molecule has 0 N–H and O–H groups in total. The van der Waals surface area contributed by atoms with Gasteiger partial charge in [0.15, 0.2) is 16.7 Å². The van der Waals surface area contributed by atoms with E-state index in [0.29, 0.717) is 17.2 Å². The highest BCUT2D eigenvalue weighted by molar-refractivity contribution is 8.15. The fourth-order valence-electron chi connectivity index (χ4n) is 2.83. The molecule has 28 heavy (non-hydrogen) atoms. The summed E-state index contributed by atoms with van der Waals surface area (Å²) in [5, 5.41) is 10.5. The van der Waals surface area contributed by atoms with Crippen LogP contribution in [0.1, 0.15) is 12.0 Å². The largest absolute Gasteiger partial charge is 0.549 e. The summed E-state index contributed by atoms with van der Waals surface area (Å²) in [6.07, 6.45) is -0.194. The number of amidine groups is 1. The third-order valence-corrected chi connectivity index (χ3v) is 5.40. The van der Waals surface area contributed by atoms with Gasteiger partial charge in [0.05, 0.1) is 23.5 Å². The molecule has 0 saturated carbocycles. The van der Waals surface area contributed by atoms with Gasteiger partial charge in [-0.15, -0.1) is 0 Å². The average Bonchev–Trinajstić information content (AvgIpc) is 3.13. The monoisotopic (exact) mass is 401 g/mol. The number of fused-ring (bicyclic) bond motifs is 1. The summed E-state index contributed by atoms with van der Waals surface area (Å²) in [6.45, 7) is 0.324. The number of carboxylic acid groups (broad SMARTS) is 1. The second kappa shape index (κ2) is 7.51. The van der Waals surface area contributed by atoms with Crippen LogP contribution in [0, 0.1) is 5.82 Å². The van der Waals surface area contributed by atoms with Crippen molar-refractivity contribution in [1.29, 1.82) is 0 Å². The van der Waals surface area contributed by atoms with Crippen molar-refractivity contribution < 1.29 is 28.6 Å². The van der Waals surface area contributed by atoms with Crippen LogP contribution in [0.5, 0.6) is 11.5 Å². The fourth-order valence-corrected chi connectivity index (χ4v) is 3.86. The molecule has 1 amide bonds. The summed E-state index contributed by atoms with van der Waals surface area (Å²) in [4.78, 5) is 29.7. The van der Waals surface area contributed by atoms with Crippen molar-refractivity contribution in [2.45, 2.75) is 18.2 Å². The normalized spacial score (nSPS) is 19.9. The van der Waals surface area contributed by atoms with Crippen molar-refractivity contribution >= 4 is 34.5 Å². The number of nitrogens with zero attached hydrogens (tertiary/aromatic N) is 2. The summed E-state index contributed by atoms with van der Waals surface area (Å²) in [6, 6.07) is 10.7. The van der Waals surface area contributed by atoms with Crippen LogP contribution in [0.25, 0.3) is 0 Å². The number of rotatable bonds is 4. The molecule has 1 atom stereocenters. The van der Waals surface area contributed by atoms with Crippen molar-refractivity contribution in [1.82, 2.24) is 4.90 Å². The second-order valence-electron chi connectivity index (χ2n) is 6.17. The Morgan fingerprint density at radius 1 is 1.21 bits per heavy atom. The molecule has 144 valence electrons. The van der Waals surface area contributed by atoms with Gasteiger partial charge in [-0.2, -0.15) is 0 Å². The first-order valence-electron chi connectivity index (χ1n) is 8.40. The molecule has 0 bridgehead atoms. The first-order chi connectivity index (χ1) is 13.5. The molecule has 2 aliphatic heterocycles. The lowest BCUT2D eigenvalue weighted by Gasteiger charge is -2.32. The van der Waals surface area contributed by atoms with E-state index in [-0.39, 0.29) is 30.8 Å². The second-order valence-corrected chi connectivity index (χ2v) is 7.34. The summed E-state index contributed by atoms with van der Waals surface area (Å²) in [7, 11) is 0. The number of thioether (sulfide) groups is 1. The minimum atomic E-state index is -1.33. The van der Waals surface area contributed by atoms with E-state index < -0.39 is 17.0 Å². The number of aliphatic carboxylic acids is 1. The van der Waals surface area contributed by atoms with E-state index in [0.717, 1.165) is 17.3 Å². The number of carboxylic acids is 1.